The highest BCUT2D eigenvalue weighted by molar-refractivity contribution is 5.47. The van der Waals surface area contributed by atoms with Gasteiger partial charge in [-0.3, -0.25) is 4.57 Å². The van der Waals surface area contributed by atoms with Crippen molar-refractivity contribution in [2.75, 3.05) is 12.4 Å². The van der Waals surface area contributed by atoms with Gasteiger partial charge < -0.3 is 10.1 Å². The molecule has 102 valence electrons. The van der Waals surface area contributed by atoms with Gasteiger partial charge in [0, 0.05) is 18.3 Å². The molecule has 0 bridgehead atoms. The lowest BCUT2D eigenvalue weighted by molar-refractivity contribution is 0.386. The fourth-order valence-electron chi connectivity index (χ4n) is 1.85. The molecule has 0 unspecified atom stereocenters. The standard InChI is InChI=1S/C14H18FN3O/c1-9(2)16-14-17-10(3)8-18(14)11-5-6-12(15)13(7-11)19-4/h5-9H,1-4H3,(H,16,17). The predicted molar refractivity (Wildman–Crippen MR) is 73.6 cm³/mol. The molecular formula is C14H18FN3O. The van der Waals surface area contributed by atoms with Gasteiger partial charge >= 0.3 is 0 Å². The molecular weight excluding hydrogens is 245 g/mol. The zero-order chi connectivity index (χ0) is 14.0. The Bertz CT molecular complexity index is 578. The van der Waals surface area contributed by atoms with Crippen LogP contribution in [-0.4, -0.2) is 22.7 Å². The van der Waals surface area contributed by atoms with Gasteiger partial charge in [-0.25, -0.2) is 9.37 Å². The second kappa shape index (κ2) is 5.30. The van der Waals surface area contributed by atoms with Gasteiger partial charge in [-0.1, -0.05) is 0 Å². The Morgan fingerprint density at radius 1 is 1.37 bits per heavy atom. The minimum absolute atomic E-state index is 0.222. The van der Waals surface area contributed by atoms with E-state index in [9.17, 15) is 4.39 Å². The lowest BCUT2D eigenvalue weighted by Crippen LogP contribution is -2.14. The summed E-state index contributed by atoms with van der Waals surface area (Å²) < 4.78 is 20.3. The Morgan fingerprint density at radius 3 is 2.74 bits per heavy atom. The molecule has 0 spiro atoms. The molecule has 5 heteroatoms. The van der Waals surface area contributed by atoms with E-state index in [1.165, 1.54) is 13.2 Å². The Morgan fingerprint density at radius 2 is 2.11 bits per heavy atom. The summed E-state index contributed by atoms with van der Waals surface area (Å²) in [6.45, 7) is 6.00. The summed E-state index contributed by atoms with van der Waals surface area (Å²) in [7, 11) is 1.45. The van der Waals surface area contributed by atoms with E-state index < -0.39 is 0 Å². The molecule has 0 aliphatic rings. The van der Waals surface area contributed by atoms with Crippen LogP contribution in [0.4, 0.5) is 10.3 Å². The summed E-state index contributed by atoms with van der Waals surface area (Å²) in [6.07, 6.45) is 1.90. The van der Waals surface area contributed by atoms with Gasteiger partial charge in [0.1, 0.15) is 0 Å². The fraction of sp³-hybridized carbons (Fsp3) is 0.357. The smallest absolute Gasteiger partial charge is 0.207 e. The maximum atomic E-state index is 13.4. The number of ether oxygens (including phenoxy) is 1. The SMILES string of the molecule is COc1cc(-n2cc(C)nc2NC(C)C)ccc1F. The molecule has 0 aliphatic heterocycles. The number of imidazole rings is 1. The molecule has 4 nitrogen and oxygen atoms in total. The minimum Gasteiger partial charge on any atom is -0.494 e. The van der Waals surface area contributed by atoms with Crippen LogP contribution in [0.25, 0.3) is 5.69 Å². The molecule has 0 saturated carbocycles. The number of rotatable bonds is 4. The van der Waals surface area contributed by atoms with Gasteiger partial charge in [0.2, 0.25) is 5.95 Å². The Hall–Kier alpha value is -2.04. The van der Waals surface area contributed by atoms with E-state index >= 15 is 0 Å². The molecule has 0 amide bonds. The Kier molecular flexibility index (Phi) is 3.74. The van der Waals surface area contributed by atoms with Crippen LogP contribution in [0.15, 0.2) is 24.4 Å². The van der Waals surface area contributed by atoms with E-state index in [-0.39, 0.29) is 17.6 Å². The number of aromatic nitrogens is 2. The number of hydrogen-bond acceptors (Lipinski definition) is 3. The van der Waals surface area contributed by atoms with E-state index in [1.54, 1.807) is 12.1 Å². The van der Waals surface area contributed by atoms with Crippen molar-refractivity contribution in [2.45, 2.75) is 26.8 Å². The first-order valence-corrected chi connectivity index (χ1v) is 6.17. The number of nitrogens with one attached hydrogen (secondary N) is 1. The minimum atomic E-state index is -0.374. The molecule has 1 N–H and O–H groups in total. The zero-order valence-corrected chi connectivity index (χ0v) is 11.6. The molecule has 1 aromatic heterocycles. The summed E-state index contributed by atoms with van der Waals surface area (Å²) in [5.41, 5.74) is 1.70. The van der Waals surface area contributed by atoms with Crippen molar-refractivity contribution in [1.82, 2.24) is 9.55 Å². The quantitative estimate of drug-likeness (QED) is 0.921. The van der Waals surface area contributed by atoms with Crippen LogP contribution in [0, 0.1) is 12.7 Å². The Balaban J connectivity index is 2.46. The number of halogens is 1. The van der Waals surface area contributed by atoms with E-state index in [2.05, 4.69) is 10.3 Å². The summed E-state index contributed by atoms with van der Waals surface area (Å²) in [5, 5.41) is 3.26. The second-order valence-electron chi connectivity index (χ2n) is 4.69. The van der Waals surface area contributed by atoms with Crippen molar-refractivity contribution in [2.24, 2.45) is 0 Å². The largest absolute Gasteiger partial charge is 0.494 e. The average Bonchev–Trinajstić information content (AvgIpc) is 2.70. The molecule has 0 fully saturated rings. The van der Waals surface area contributed by atoms with Gasteiger partial charge in [0.15, 0.2) is 11.6 Å². The van der Waals surface area contributed by atoms with Gasteiger partial charge in [-0.15, -0.1) is 0 Å². The summed E-state index contributed by atoms with van der Waals surface area (Å²) in [5.74, 6) is 0.585. The highest BCUT2D eigenvalue weighted by atomic mass is 19.1. The lowest BCUT2D eigenvalue weighted by atomic mass is 10.3. The molecule has 1 heterocycles. The zero-order valence-electron chi connectivity index (χ0n) is 11.6. The molecule has 2 aromatic rings. The van der Waals surface area contributed by atoms with Gasteiger partial charge in [-0.2, -0.15) is 0 Å². The van der Waals surface area contributed by atoms with E-state index in [0.717, 1.165) is 17.3 Å². The maximum absolute atomic E-state index is 13.4. The van der Waals surface area contributed by atoms with Crippen LogP contribution in [0.1, 0.15) is 19.5 Å². The number of aryl methyl sites for hydroxylation is 1. The average molecular weight is 263 g/mol. The first-order chi connectivity index (χ1) is 9.01. The second-order valence-corrected chi connectivity index (χ2v) is 4.69. The number of anilines is 1. The van der Waals surface area contributed by atoms with Crippen molar-refractivity contribution in [3.63, 3.8) is 0 Å². The van der Waals surface area contributed by atoms with Crippen molar-refractivity contribution in [1.29, 1.82) is 0 Å². The van der Waals surface area contributed by atoms with Crippen molar-refractivity contribution in [3.8, 4) is 11.4 Å². The molecule has 0 aliphatic carbocycles. The highest BCUT2D eigenvalue weighted by Crippen LogP contribution is 2.24. The summed E-state index contributed by atoms with van der Waals surface area (Å²) >= 11 is 0. The van der Waals surface area contributed by atoms with E-state index in [0.29, 0.717) is 0 Å². The van der Waals surface area contributed by atoms with Crippen LogP contribution >= 0.6 is 0 Å². The third-order valence-corrected chi connectivity index (χ3v) is 2.66. The fourth-order valence-corrected chi connectivity index (χ4v) is 1.85. The third-order valence-electron chi connectivity index (χ3n) is 2.66. The monoisotopic (exact) mass is 263 g/mol. The molecule has 1 aromatic carbocycles. The van der Waals surface area contributed by atoms with Gasteiger partial charge in [-0.05, 0) is 32.9 Å². The highest BCUT2D eigenvalue weighted by Gasteiger charge is 2.11. The lowest BCUT2D eigenvalue weighted by Gasteiger charge is -2.13. The van der Waals surface area contributed by atoms with Gasteiger partial charge in [0.25, 0.3) is 0 Å². The van der Waals surface area contributed by atoms with E-state index in [4.69, 9.17) is 4.74 Å². The van der Waals surface area contributed by atoms with Crippen LogP contribution in [0.5, 0.6) is 5.75 Å². The van der Waals surface area contributed by atoms with Crippen molar-refractivity contribution in [3.05, 3.63) is 35.9 Å². The first-order valence-electron chi connectivity index (χ1n) is 6.17. The first kappa shape index (κ1) is 13.4. The molecule has 0 atom stereocenters. The number of nitrogens with zero attached hydrogens (tertiary/aromatic N) is 2. The molecule has 0 saturated heterocycles. The third kappa shape index (κ3) is 2.86. The summed E-state index contributed by atoms with van der Waals surface area (Å²) in [6, 6.07) is 5.01. The normalized spacial score (nSPS) is 10.8. The number of hydrogen-bond donors (Lipinski definition) is 1. The molecule has 2 rings (SSSR count). The maximum Gasteiger partial charge on any atom is 0.207 e. The van der Waals surface area contributed by atoms with Crippen LogP contribution in [-0.2, 0) is 0 Å². The molecule has 0 radical (unpaired) electrons. The van der Waals surface area contributed by atoms with Crippen LogP contribution in [0.3, 0.4) is 0 Å². The summed E-state index contributed by atoms with van der Waals surface area (Å²) in [4.78, 5) is 4.42. The van der Waals surface area contributed by atoms with Gasteiger partial charge in [0.05, 0.1) is 18.5 Å². The topological polar surface area (TPSA) is 39.1 Å². The number of methoxy groups -OCH3 is 1. The van der Waals surface area contributed by atoms with Crippen molar-refractivity contribution >= 4 is 5.95 Å². The number of benzene rings is 1. The van der Waals surface area contributed by atoms with Crippen LogP contribution < -0.4 is 10.1 Å². The van der Waals surface area contributed by atoms with E-state index in [1.807, 2.05) is 31.5 Å². The van der Waals surface area contributed by atoms with Crippen molar-refractivity contribution < 1.29 is 9.13 Å². The van der Waals surface area contributed by atoms with Crippen LogP contribution in [0.2, 0.25) is 0 Å². The molecule has 19 heavy (non-hydrogen) atoms. The predicted octanol–water partition coefficient (Wildman–Crippen LogP) is 3.15. The Labute approximate surface area is 112 Å².